The Morgan fingerprint density at radius 1 is 0.653 bits per heavy atom. The number of benzene rings is 3. The molecule has 3 amide bonds. The van der Waals surface area contributed by atoms with Crippen LogP contribution in [0.3, 0.4) is 0 Å². The maximum atomic E-state index is 14.0. The van der Waals surface area contributed by atoms with Crippen LogP contribution in [0.4, 0.5) is 17.1 Å². The second-order valence-electron chi connectivity index (χ2n) is 13.8. The average molecular weight is 660 g/mol. The Morgan fingerprint density at radius 3 is 1.65 bits per heavy atom. The van der Waals surface area contributed by atoms with E-state index in [1.807, 2.05) is 76.2 Å². The van der Waals surface area contributed by atoms with Crippen molar-refractivity contribution in [2.45, 2.75) is 52.9 Å². The highest BCUT2D eigenvalue weighted by Crippen LogP contribution is 2.39. The molecule has 0 fully saturated rings. The molecule has 0 unspecified atom stereocenters. The normalized spacial score (nSPS) is 11.7. The quantitative estimate of drug-likeness (QED) is 0.0932. The standard InChI is InChI=1S/C39H41N5O5/c1-38(2,24-39(3,4)23-32(46)49-5)22-31(45)42-28-18-16-25(17-19-28)33(36(47)43-29-14-6-10-26-12-8-20-40-34(26)29)37(48)44-30-15-7-11-27-13-9-21-41-35(27)30/h6-21,33H,22-24H2,1-5H3,(H,42,45)(H,43,47)(H,44,48). The number of amides is 3. The molecule has 10 nitrogen and oxygen atoms in total. The Kier molecular flexibility index (Phi) is 10.4. The van der Waals surface area contributed by atoms with Gasteiger partial charge in [-0.15, -0.1) is 0 Å². The number of esters is 1. The second kappa shape index (κ2) is 14.6. The van der Waals surface area contributed by atoms with Crippen LogP contribution in [0.2, 0.25) is 0 Å². The monoisotopic (exact) mass is 659 g/mol. The number of ether oxygens (including phenoxy) is 1. The number of anilines is 3. The molecule has 2 heterocycles. The lowest BCUT2D eigenvalue weighted by Crippen LogP contribution is -2.32. The highest BCUT2D eigenvalue weighted by atomic mass is 16.5. The zero-order valence-electron chi connectivity index (χ0n) is 28.4. The first-order valence-electron chi connectivity index (χ1n) is 16.1. The first kappa shape index (κ1) is 34.7. The molecule has 0 aliphatic rings. The van der Waals surface area contributed by atoms with E-state index in [9.17, 15) is 19.2 Å². The SMILES string of the molecule is COC(=O)CC(C)(C)CC(C)(C)CC(=O)Nc1ccc(C(C(=O)Nc2cccc3cccnc23)C(=O)Nc2cccc3cccnc23)cc1. The summed E-state index contributed by atoms with van der Waals surface area (Å²) in [5.74, 6) is -2.81. The average Bonchev–Trinajstić information content (AvgIpc) is 3.05. The van der Waals surface area contributed by atoms with Crippen molar-refractivity contribution in [2.75, 3.05) is 23.1 Å². The summed E-state index contributed by atoms with van der Waals surface area (Å²) >= 11 is 0. The number of methoxy groups -OCH3 is 1. The number of rotatable bonds is 12. The number of carbonyl (C=O) groups is 4. The lowest BCUT2D eigenvalue weighted by atomic mass is 9.72. The Bertz CT molecular complexity index is 1900. The van der Waals surface area contributed by atoms with E-state index in [0.717, 1.165) is 10.8 Å². The molecule has 0 aliphatic heterocycles. The number of nitrogens with zero attached hydrogens (tertiary/aromatic N) is 2. The fraction of sp³-hybridized carbons (Fsp3) is 0.282. The largest absolute Gasteiger partial charge is 0.469 e. The molecular weight excluding hydrogens is 618 g/mol. The van der Waals surface area contributed by atoms with E-state index >= 15 is 0 Å². The summed E-state index contributed by atoms with van der Waals surface area (Å²) in [5.41, 5.74) is 2.38. The van der Waals surface area contributed by atoms with E-state index in [2.05, 4.69) is 25.9 Å². The molecule has 2 aromatic heterocycles. The molecule has 5 aromatic rings. The van der Waals surface area contributed by atoms with Gasteiger partial charge in [0.15, 0.2) is 0 Å². The van der Waals surface area contributed by atoms with Gasteiger partial charge in [0.2, 0.25) is 17.7 Å². The number of pyridine rings is 2. The van der Waals surface area contributed by atoms with Crippen molar-refractivity contribution >= 4 is 62.6 Å². The van der Waals surface area contributed by atoms with E-state index < -0.39 is 23.1 Å². The molecular formula is C39H41N5O5. The van der Waals surface area contributed by atoms with Crippen LogP contribution in [0.1, 0.15) is 58.4 Å². The Hall–Kier alpha value is -5.64. The molecule has 3 aromatic carbocycles. The molecule has 0 spiro atoms. The molecule has 252 valence electrons. The molecule has 0 aliphatic carbocycles. The van der Waals surface area contributed by atoms with Gasteiger partial charge in [0, 0.05) is 35.3 Å². The Labute approximate surface area is 285 Å². The van der Waals surface area contributed by atoms with Gasteiger partial charge >= 0.3 is 5.97 Å². The van der Waals surface area contributed by atoms with Crippen LogP contribution in [-0.4, -0.2) is 40.8 Å². The summed E-state index contributed by atoms with van der Waals surface area (Å²) < 4.78 is 4.84. The predicted molar refractivity (Wildman–Crippen MR) is 192 cm³/mol. The van der Waals surface area contributed by atoms with Crippen molar-refractivity contribution < 1.29 is 23.9 Å². The maximum Gasteiger partial charge on any atom is 0.306 e. The van der Waals surface area contributed by atoms with Crippen LogP contribution in [0.5, 0.6) is 0 Å². The fourth-order valence-electron chi connectivity index (χ4n) is 6.52. The van der Waals surface area contributed by atoms with Crippen molar-refractivity contribution in [3.05, 3.63) is 103 Å². The number of aromatic nitrogens is 2. The topological polar surface area (TPSA) is 139 Å². The van der Waals surface area contributed by atoms with Crippen molar-refractivity contribution in [2.24, 2.45) is 10.8 Å². The molecule has 0 saturated carbocycles. The van der Waals surface area contributed by atoms with E-state index in [-0.39, 0.29) is 30.1 Å². The van der Waals surface area contributed by atoms with Gasteiger partial charge in [0.1, 0.15) is 5.92 Å². The number of hydrogen-bond acceptors (Lipinski definition) is 7. The van der Waals surface area contributed by atoms with Crippen LogP contribution in [-0.2, 0) is 23.9 Å². The number of hydrogen-bond donors (Lipinski definition) is 3. The summed E-state index contributed by atoms with van der Waals surface area (Å²) in [6, 6.07) is 25.0. The Balaban J connectivity index is 1.36. The van der Waals surface area contributed by atoms with Crippen molar-refractivity contribution in [3.8, 4) is 0 Å². The minimum absolute atomic E-state index is 0.189. The second-order valence-corrected chi connectivity index (χ2v) is 13.8. The molecule has 5 rings (SSSR count). The van der Waals surface area contributed by atoms with Gasteiger partial charge in [-0.1, -0.05) is 76.2 Å². The van der Waals surface area contributed by atoms with Crippen molar-refractivity contribution in [3.63, 3.8) is 0 Å². The third-order valence-electron chi connectivity index (χ3n) is 8.28. The molecule has 0 bridgehead atoms. The zero-order valence-corrected chi connectivity index (χ0v) is 28.4. The fourth-order valence-corrected chi connectivity index (χ4v) is 6.52. The van der Waals surface area contributed by atoms with Gasteiger partial charge in [-0.2, -0.15) is 0 Å². The van der Waals surface area contributed by atoms with Gasteiger partial charge in [0.25, 0.3) is 0 Å². The van der Waals surface area contributed by atoms with Crippen LogP contribution in [0.15, 0.2) is 97.3 Å². The molecule has 10 heteroatoms. The third kappa shape index (κ3) is 8.84. The first-order chi connectivity index (χ1) is 23.3. The Morgan fingerprint density at radius 2 is 1.14 bits per heavy atom. The van der Waals surface area contributed by atoms with E-state index in [0.29, 0.717) is 40.1 Å². The molecule has 3 N–H and O–H groups in total. The summed E-state index contributed by atoms with van der Waals surface area (Å²) in [6.07, 6.45) is 4.41. The number of fused-ring (bicyclic) bond motifs is 2. The van der Waals surface area contributed by atoms with Crippen LogP contribution >= 0.6 is 0 Å². The van der Waals surface area contributed by atoms with Gasteiger partial charge in [-0.3, -0.25) is 29.1 Å². The summed E-state index contributed by atoms with van der Waals surface area (Å²) in [6.45, 7) is 7.96. The van der Waals surface area contributed by atoms with Gasteiger partial charge < -0.3 is 20.7 Å². The molecule has 49 heavy (non-hydrogen) atoms. The van der Waals surface area contributed by atoms with Gasteiger partial charge in [-0.05, 0) is 59.2 Å². The summed E-state index contributed by atoms with van der Waals surface area (Å²) in [5, 5.41) is 10.5. The minimum Gasteiger partial charge on any atom is -0.469 e. The zero-order chi connectivity index (χ0) is 35.2. The number of carbonyl (C=O) groups excluding carboxylic acids is 4. The van der Waals surface area contributed by atoms with Crippen molar-refractivity contribution in [1.29, 1.82) is 0 Å². The molecule has 0 radical (unpaired) electrons. The van der Waals surface area contributed by atoms with E-state index in [1.165, 1.54) is 7.11 Å². The molecule has 0 atom stereocenters. The highest BCUT2D eigenvalue weighted by Gasteiger charge is 2.33. The van der Waals surface area contributed by atoms with Gasteiger partial charge in [-0.25, -0.2) is 0 Å². The maximum absolute atomic E-state index is 14.0. The summed E-state index contributed by atoms with van der Waals surface area (Å²) in [4.78, 5) is 61.7. The smallest absolute Gasteiger partial charge is 0.306 e. The van der Waals surface area contributed by atoms with Gasteiger partial charge in [0.05, 0.1) is 35.9 Å². The summed E-state index contributed by atoms with van der Waals surface area (Å²) in [7, 11) is 1.37. The van der Waals surface area contributed by atoms with Crippen molar-refractivity contribution in [1.82, 2.24) is 9.97 Å². The number of para-hydroxylation sites is 2. The lowest BCUT2D eigenvalue weighted by Gasteiger charge is -2.34. The third-order valence-corrected chi connectivity index (χ3v) is 8.28. The van der Waals surface area contributed by atoms with Crippen LogP contribution < -0.4 is 16.0 Å². The van der Waals surface area contributed by atoms with Crippen LogP contribution in [0.25, 0.3) is 21.8 Å². The minimum atomic E-state index is -1.25. The van der Waals surface area contributed by atoms with E-state index in [1.54, 1.807) is 48.8 Å². The predicted octanol–water partition coefficient (Wildman–Crippen LogP) is 7.48. The number of nitrogens with one attached hydrogen (secondary N) is 3. The first-order valence-corrected chi connectivity index (χ1v) is 16.1. The van der Waals surface area contributed by atoms with Crippen LogP contribution in [0, 0.1) is 10.8 Å². The van der Waals surface area contributed by atoms with E-state index in [4.69, 9.17) is 4.74 Å². The molecule has 0 saturated heterocycles. The lowest BCUT2D eigenvalue weighted by molar-refractivity contribution is -0.143. The highest BCUT2D eigenvalue weighted by molar-refractivity contribution is 6.17.